The first-order valence-corrected chi connectivity index (χ1v) is 11.8. The number of ether oxygens (including phenoxy) is 1. The van der Waals surface area contributed by atoms with Crippen LogP contribution in [0.5, 0.6) is 0 Å². The maximum Gasteiger partial charge on any atom is 0.407 e. The smallest absolute Gasteiger partial charge is 0.407 e. The standard InChI is InChI=1S/C25H25N3O6S/c1-14-22(24(31)32)23(35-27-14)28(2)21(30)11-15(29)12-26-25(33)34-13-20-18-9-5-3-7-16(18)17-8-4-6-10-19(17)20/h3-10,15,20,29H,11-13H2,1-2H3,(H,26,33)(H,31,32). The van der Waals surface area contributed by atoms with Crippen molar-refractivity contribution in [3.8, 4) is 11.1 Å². The molecule has 3 N–H and O–H groups in total. The van der Waals surface area contributed by atoms with Crippen molar-refractivity contribution in [2.24, 2.45) is 0 Å². The average Bonchev–Trinajstić information content (AvgIpc) is 3.39. The summed E-state index contributed by atoms with van der Waals surface area (Å²) >= 11 is 0.898. The van der Waals surface area contributed by atoms with Crippen molar-refractivity contribution in [1.29, 1.82) is 0 Å². The van der Waals surface area contributed by atoms with Gasteiger partial charge in [0.25, 0.3) is 0 Å². The summed E-state index contributed by atoms with van der Waals surface area (Å²) in [5, 5.41) is 22.3. The number of aryl methyl sites for hydroxylation is 1. The number of alkyl carbamates (subject to hydrolysis) is 1. The first-order chi connectivity index (χ1) is 16.8. The van der Waals surface area contributed by atoms with E-state index in [9.17, 15) is 24.6 Å². The van der Waals surface area contributed by atoms with Gasteiger partial charge in [-0.15, -0.1) is 0 Å². The molecule has 0 aliphatic heterocycles. The Labute approximate surface area is 206 Å². The zero-order chi connectivity index (χ0) is 25.1. The number of carboxylic acids is 1. The lowest BCUT2D eigenvalue weighted by atomic mass is 9.98. The molecule has 0 spiro atoms. The molecule has 0 saturated heterocycles. The third-order valence-corrected chi connectivity index (χ3v) is 6.99. The monoisotopic (exact) mass is 495 g/mol. The van der Waals surface area contributed by atoms with E-state index in [2.05, 4.69) is 9.69 Å². The molecular weight excluding hydrogens is 470 g/mol. The van der Waals surface area contributed by atoms with Gasteiger partial charge in [-0.2, -0.15) is 4.37 Å². The molecule has 182 valence electrons. The van der Waals surface area contributed by atoms with Crippen LogP contribution in [0.2, 0.25) is 0 Å². The normalized spacial score (nSPS) is 13.0. The van der Waals surface area contributed by atoms with Crippen LogP contribution in [0.3, 0.4) is 0 Å². The zero-order valence-electron chi connectivity index (χ0n) is 19.2. The Kier molecular flexibility index (Phi) is 7.13. The molecular formula is C25H25N3O6S. The summed E-state index contributed by atoms with van der Waals surface area (Å²) < 4.78 is 9.42. The van der Waals surface area contributed by atoms with E-state index in [1.807, 2.05) is 48.5 Å². The predicted octanol–water partition coefficient (Wildman–Crippen LogP) is 3.40. The number of aromatic nitrogens is 1. The van der Waals surface area contributed by atoms with E-state index >= 15 is 0 Å². The number of nitrogens with zero attached hydrogens (tertiary/aromatic N) is 2. The zero-order valence-corrected chi connectivity index (χ0v) is 20.0. The van der Waals surface area contributed by atoms with Crippen molar-refractivity contribution in [3.05, 3.63) is 70.9 Å². The molecule has 1 aromatic heterocycles. The molecule has 2 amide bonds. The summed E-state index contributed by atoms with van der Waals surface area (Å²) in [6.07, 6.45) is -2.18. The van der Waals surface area contributed by atoms with Crippen molar-refractivity contribution in [2.75, 3.05) is 25.1 Å². The molecule has 2 aromatic carbocycles. The number of benzene rings is 2. The quantitative estimate of drug-likeness (QED) is 0.437. The maximum atomic E-state index is 12.5. The van der Waals surface area contributed by atoms with Gasteiger partial charge in [-0.3, -0.25) is 4.79 Å². The number of aliphatic hydroxyl groups is 1. The number of carbonyl (C=O) groups excluding carboxylic acids is 2. The van der Waals surface area contributed by atoms with Gasteiger partial charge in [0.1, 0.15) is 17.2 Å². The maximum absolute atomic E-state index is 12.5. The minimum Gasteiger partial charge on any atom is -0.478 e. The fraction of sp³-hybridized carbons (Fsp3) is 0.280. The molecule has 0 bridgehead atoms. The van der Waals surface area contributed by atoms with Crippen LogP contribution in [0, 0.1) is 6.92 Å². The Morgan fingerprint density at radius 1 is 1.11 bits per heavy atom. The Morgan fingerprint density at radius 2 is 1.71 bits per heavy atom. The predicted molar refractivity (Wildman–Crippen MR) is 131 cm³/mol. The lowest BCUT2D eigenvalue weighted by Crippen LogP contribution is -2.37. The average molecular weight is 496 g/mol. The Balaban J connectivity index is 1.29. The third kappa shape index (κ3) is 5.03. The van der Waals surface area contributed by atoms with Crippen molar-refractivity contribution in [3.63, 3.8) is 0 Å². The van der Waals surface area contributed by atoms with Crippen LogP contribution in [0.4, 0.5) is 9.80 Å². The van der Waals surface area contributed by atoms with Gasteiger partial charge in [0.2, 0.25) is 5.91 Å². The number of rotatable bonds is 8. The number of carboxylic acid groups (broad SMARTS) is 1. The Morgan fingerprint density at radius 3 is 2.31 bits per heavy atom. The summed E-state index contributed by atoms with van der Waals surface area (Å²) in [7, 11) is 1.42. The minimum atomic E-state index is -1.18. The molecule has 4 rings (SSSR count). The molecule has 1 unspecified atom stereocenters. The summed E-state index contributed by atoms with van der Waals surface area (Å²) in [6.45, 7) is 1.50. The molecule has 1 aliphatic rings. The molecule has 10 heteroatoms. The van der Waals surface area contributed by atoms with E-state index in [-0.39, 0.29) is 36.1 Å². The van der Waals surface area contributed by atoms with Gasteiger partial charge in [-0.1, -0.05) is 48.5 Å². The number of aliphatic hydroxyl groups excluding tert-OH is 1. The lowest BCUT2D eigenvalue weighted by molar-refractivity contribution is -0.120. The van der Waals surface area contributed by atoms with E-state index in [1.165, 1.54) is 7.05 Å². The summed E-state index contributed by atoms with van der Waals surface area (Å²) in [5.74, 6) is -1.76. The molecule has 1 atom stereocenters. The Bertz CT molecular complexity index is 1230. The van der Waals surface area contributed by atoms with Crippen molar-refractivity contribution < 1.29 is 29.3 Å². The largest absolute Gasteiger partial charge is 0.478 e. The first-order valence-electron chi connectivity index (χ1n) is 11.0. The number of fused-ring (bicyclic) bond motifs is 3. The minimum absolute atomic E-state index is 0.0443. The van der Waals surface area contributed by atoms with Crippen LogP contribution >= 0.6 is 11.5 Å². The highest BCUT2D eigenvalue weighted by Crippen LogP contribution is 2.44. The molecule has 1 heterocycles. The topological polar surface area (TPSA) is 129 Å². The number of hydrogen-bond donors (Lipinski definition) is 3. The third-order valence-electron chi connectivity index (χ3n) is 5.97. The van der Waals surface area contributed by atoms with Crippen LogP contribution in [-0.2, 0) is 9.53 Å². The first kappa shape index (κ1) is 24.4. The lowest BCUT2D eigenvalue weighted by Gasteiger charge is -2.19. The van der Waals surface area contributed by atoms with Crippen LogP contribution < -0.4 is 10.2 Å². The SMILES string of the molecule is Cc1nsc(N(C)C(=O)CC(O)CNC(=O)OCC2c3ccccc3-c3ccccc32)c1C(=O)O. The van der Waals surface area contributed by atoms with Gasteiger partial charge in [-0.25, -0.2) is 9.59 Å². The molecule has 0 saturated carbocycles. The van der Waals surface area contributed by atoms with Gasteiger partial charge in [0.05, 0.1) is 18.2 Å². The number of anilines is 1. The fourth-order valence-corrected chi connectivity index (χ4v) is 5.07. The van der Waals surface area contributed by atoms with E-state index in [4.69, 9.17) is 4.74 Å². The molecule has 0 radical (unpaired) electrons. The number of aromatic carboxylic acids is 1. The number of nitrogens with one attached hydrogen (secondary N) is 1. The highest BCUT2D eigenvalue weighted by molar-refractivity contribution is 7.11. The van der Waals surface area contributed by atoms with Gasteiger partial charge >= 0.3 is 12.1 Å². The molecule has 35 heavy (non-hydrogen) atoms. The van der Waals surface area contributed by atoms with E-state index in [1.54, 1.807) is 6.92 Å². The van der Waals surface area contributed by atoms with Crippen LogP contribution in [0.15, 0.2) is 48.5 Å². The van der Waals surface area contributed by atoms with Gasteiger partial charge in [-0.05, 0) is 40.7 Å². The second kappa shape index (κ2) is 10.2. The molecule has 0 fully saturated rings. The molecule has 9 nitrogen and oxygen atoms in total. The summed E-state index contributed by atoms with van der Waals surface area (Å²) in [6, 6.07) is 16.0. The molecule has 1 aliphatic carbocycles. The number of carbonyl (C=O) groups is 3. The van der Waals surface area contributed by atoms with Crippen molar-refractivity contribution in [1.82, 2.24) is 9.69 Å². The summed E-state index contributed by atoms with van der Waals surface area (Å²) in [4.78, 5) is 37.4. The second-order valence-corrected chi connectivity index (χ2v) is 9.02. The second-order valence-electron chi connectivity index (χ2n) is 8.27. The van der Waals surface area contributed by atoms with Gasteiger partial charge in [0, 0.05) is 19.5 Å². The van der Waals surface area contributed by atoms with Crippen molar-refractivity contribution in [2.45, 2.75) is 25.4 Å². The van der Waals surface area contributed by atoms with Crippen LogP contribution in [0.1, 0.15) is 39.5 Å². The Hall–Kier alpha value is -3.76. The van der Waals surface area contributed by atoms with Crippen LogP contribution in [0.25, 0.3) is 11.1 Å². The van der Waals surface area contributed by atoms with E-state index in [0.29, 0.717) is 5.69 Å². The van der Waals surface area contributed by atoms with E-state index in [0.717, 1.165) is 38.7 Å². The highest BCUT2D eigenvalue weighted by Gasteiger charge is 2.29. The fourth-order valence-electron chi connectivity index (χ4n) is 4.21. The van der Waals surface area contributed by atoms with Crippen LogP contribution in [-0.4, -0.2) is 58.9 Å². The van der Waals surface area contributed by atoms with Gasteiger partial charge in [0.15, 0.2) is 0 Å². The van der Waals surface area contributed by atoms with Crippen molar-refractivity contribution >= 4 is 34.5 Å². The number of hydrogen-bond acceptors (Lipinski definition) is 7. The van der Waals surface area contributed by atoms with E-state index < -0.39 is 24.1 Å². The van der Waals surface area contributed by atoms with Gasteiger partial charge < -0.3 is 25.2 Å². The molecule has 3 aromatic rings. The number of amides is 2. The summed E-state index contributed by atoms with van der Waals surface area (Å²) in [5.41, 5.74) is 4.70. The highest BCUT2D eigenvalue weighted by atomic mass is 32.1.